The lowest BCUT2D eigenvalue weighted by Crippen LogP contribution is -2.51. The molecule has 0 bridgehead atoms. The number of anilines is 1. The minimum atomic E-state index is -3.92. The SMILES string of the molecule is CCCNC(=O)C(C)N(Cc1cccc(OC)c1)C(=O)CN(c1cc(OC)ccc1OC)S(C)(=O)=O. The molecule has 0 heterocycles. The lowest BCUT2D eigenvalue weighted by atomic mass is 10.1. The van der Waals surface area contributed by atoms with Crippen molar-refractivity contribution in [1.82, 2.24) is 10.2 Å². The zero-order valence-corrected chi connectivity index (χ0v) is 22.4. The summed E-state index contributed by atoms with van der Waals surface area (Å²) in [5, 5.41) is 2.80. The number of carbonyl (C=O) groups is 2. The fourth-order valence-corrected chi connectivity index (χ4v) is 4.38. The van der Waals surface area contributed by atoms with E-state index in [1.54, 1.807) is 43.3 Å². The summed E-state index contributed by atoms with van der Waals surface area (Å²) in [6.07, 6.45) is 1.74. The predicted molar refractivity (Wildman–Crippen MR) is 138 cm³/mol. The van der Waals surface area contributed by atoms with Gasteiger partial charge in [-0.05, 0) is 43.2 Å². The van der Waals surface area contributed by atoms with E-state index in [4.69, 9.17) is 14.2 Å². The van der Waals surface area contributed by atoms with Crippen LogP contribution in [-0.2, 0) is 26.2 Å². The van der Waals surface area contributed by atoms with Crippen molar-refractivity contribution in [1.29, 1.82) is 0 Å². The van der Waals surface area contributed by atoms with Crippen LogP contribution in [0.1, 0.15) is 25.8 Å². The molecular formula is C25H35N3O7S. The number of hydrogen-bond donors (Lipinski definition) is 1. The van der Waals surface area contributed by atoms with E-state index in [2.05, 4.69) is 5.32 Å². The third-order valence-electron chi connectivity index (χ3n) is 5.54. The second kappa shape index (κ2) is 13.0. The van der Waals surface area contributed by atoms with Crippen LogP contribution in [0.25, 0.3) is 0 Å². The molecule has 0 aliphatic heterocycles. The lowest BCUT2D eigenvalue weighted by Gasteiger charge is -2.32. The molecule has 36 heavy (non-hydrogen) atoms. The quantitative estimate of drug-likeness (QED) is 0.431. The third kappa shape index (κ3) is 7.51. The Morgan fingerprint density at radius 3 is 2.25 bits per heavy atom. The summed E-state index contributed by atoms with van der Waals surface area (Å²) in [5.41, 5.74) is 0.875. The Bertz CT molecular complexity index is 1150. The Morgan fingerprint density at radius 2 is 1.67 bits per heavy atom. The molecule has 11 heteroatoms. The number of sulfonamides is 1. The highest BCUT2D eigenvalue weighted by Crippen LogP contribution is 2.34. The van der Waals surface area contributed by atoms with Gasteiger partial charge < -0.3 is 24.4 Å². The number of carbonyl (C=O) groups excluding carboxylic acids is 2. The summed E-state index contributed by atoms with van der Waals surface area (Å²) in [6, 6.07) is 10.9. The zero-order valence-electron chi connectivity index (χ0n) is 21.6. The number of amides is 2. The molecule has 1 atom stereocenters. The number of nitrogens with one attached hydrogen (secondary N) is 1. The average Bonchev–Trinajstić information content (AvgIpc) is 2.87. The largest absolute Gasteiger partial charge is 0.497 e. The number of nitrogens with zero attached hydrogens (tertiary/aromatic N) is 2. The number of rotatable bonds is 13. The molecular weight excluding hydrogens is 486 g/mol. The summed E-state index contributed by atoms with van der Waals surface area (Å²) in [4.78, 5) is 27.8. The first-order chi connectivity index (χ1) is 17.0. The van der Waals surface area contributed by atoms with E-state index in [1.165, 1.54) is 32.3 Å². The first-order valence-corrected chi connectivity index (χ1v) is 13.3. The molecule has 0 fully saturated rings. The second-order valence-electron chi connectivity index (χ2n) is 8.15. The van der Waals surface area contributed by atoms with Gasteiger partial charge in [0.2, 0.25) is 21.8 Å². The van der Waals surface area contributed by atoms with E-state index in [0.29, 0.717) is 18.0 Å². The predicted octanol–water partition coefficient (Wildman–Crippen LogP) is 2.42. The summed E-state index contributed by atoms with van der Waals surface area (Å²) in [5.74, 6) is 0.349. The lowest BCUT2D eigenvalue weighted by molar-refractivity contribution is -0.139. The molecule has 2 aromatic rings. The average molecular weight is 522 g/mol. The molecule has 0 saturated heterocycles. The maximum atomic E-state index is 13.6. The van der Waals surface area contributed by atoms with E-state index >= 15 is 0 Å². The maximum Gasteiger partial charge on any atom is 0.244 e. The summed E-state index contributed by atoms with van der Waals surface area (Å²) >= 11 is 0. The van der Waals surface area contributed by atoms with Gasteiger partial charge in [0, 0.05) is 19.2 Å². The van der Waals surface area contributed by atoms with Crippen LogP contribution in [0.5, 0.6) is 17.2 Å². The Balaban J connectivity index is 2.48. The van der Waals surface area contributed by atoms with Gasteiger partial charge in [-0.3, -0.25) is 13.9 Å². The molecule has 2 aromatic carbocycles. The number of ether oxygens (including phenoxy) is 3. The van der Waals surface area contributed by atoms with Gasteiger partial charge >= 0.3 is 0 Å². The van der Waals surface area contributed by atoms with Gasteiger partial charge in [-0.25, -0.2) is 8.42 Å². The topological polar surface area (TPSA) is 114 Å². The summed E-state index contributed by atoms with van der Waals surface area (Å²) in [6.45, 7) is 3.53. The molecule has 0 spiro atoms. The maximum absolute atomic E-state index is 13.6. The first kappa shape index (κ1) is 28.8. The van der Waals surface area contributed by atoms with Crippen molar-refractivity contribution in [3.8, 4) is 17.2 Å². The van der Waals surface area contributed by atoms with Gasteiger partial charge in [0.1, 0.15) is 29.8 Å². The fourth-order valence-electron chi connectivity index (χ4n) is 3.53. The van der Waals surface area contributed by atoms with Crippen LogP contribution in [0.3, 0.4) is 0 Å². The van der Waals surface area contributed by atoms with Crippen LogP contribution in [0.15, 0.2) is 42.5 Å². The number of benzene rings is 2. The highest BCUT2D eigenvalue weighted by Gasteiger charge is 2.31. The molecule has 0 radical (unpaired) electrons. The van der Waals surface area contributed by atoms with Gasteiger partial charge in [-0.2, -0.15) is 0 Å². The van der Waals surface area contributed by atoms with E-state index in [1.807, 2.05) is 6.92 Å². The van der Waals surface area contributed by atoms with Gasteiger partial charge in [-0.15, -0.1) is 0 Å². The fraction of sp³-hybridized carbons (Fsp3) is 0.440. The van der Waals surface area contributed by atoms with Crippen molar-refractivity contribution in [2.45, 2.75) is 32.9 Å². The van der Waals surface area contributed by atoms with Crippen LogP contribution in [0.4, 0.5) is 5.69 Å². The van der Waals surface area contributed by atoms with Gasteiger partial charge in [0.05, 0.1) is 33.3 Å². The monoisotopic (exact) mass is 521 g/mol. The Kier molecular flexibility index (Phi) is 10.4. The molecule has 1 N–H and O–H groups in total. The molecule has 0 aliphatic carbocycles. The van der Waals surface area contributed by atoms with E-state index in [0.717, 1.165) is 22.5 Å². The van der Waals surface area contributed by atoms with Gasteiger partial charge in [-0.1, -0.05) is 19.1 Å². The minimum absolute atomic E-state index is 0.0730. The molecule has 0 aromatic heterocycles. The summed E-state index contributed by atoms with van der Waals surface area (Å²) in [7, 11) is 0.476. The number of methoxy groups -OCH3 is 3. The molecule has 0 saturated carbocycles. The molecule has 10 nitrogen and oxygen atoms in total. The van der Waals surface area contributed by atoms with Crippen LogP contribution >= 0.6 is 0 Å². The van der Waals surface area contributed by atoms with Crippen LogP contribution in [-0.4, -0.2) is 71.8 Å². The number of hydrogen-bond acceptors (Lipinski definition) is 7. The Morgan fingerprint density at radius 1 is 1.00 bits per heavy atom. The minimum Gasteiger partial charge on any atom is -0.497 e. The van der Waals surface area contributed by atoms with Crippen LogP contribution in [0.2, 0.25) is 0 Å². The molecule has 198 valence electrons. The highest BCUT2D eigenvalue weighted by atomic mass is 32.2. The Labute approximate surface area is 213 Å². The molecule has 0 aliphatic rings. The van der Waals surface area contributed by atoms with E-state index < -0.39 is 28.5 Å². The van der Waals surface area contributed by atoms with Crippen molar-refractivity contribution >= 4 is 27.5 Å². The molecule has 2 amide bonds. The van der Waals surface area contributed by atoms with Crippen molar-refractivity contribution in [2.75, 3.05) is 45.0 Å². The van der Waals surface area contributed by atoms with Gasteiger partial charge in [0.15, 0.2) is 0 Å². The third-order valence-corrected chi connectivity index (χ3v) is 6.66. The first-order valence-electron chi connectivity index (χ1n) is 11.5. The molecule has 2 rings (SSSR count). The van der Waals surface area contributed by atoms with Gasteiger partial charge in [0.25, 0.3) is 0 Å². The van der Waals surface area contributed by atoms with Crippen molar-refractivity contribution in [2.24, 2.45) is 0 Å². The van der Waals surface area contributed by atoms with Crippen molar-refractivity contribution in [3.63, 3.8) is 0 Å². The van der Waals surface area contributed by atoms with Crippen molar-refractivity contribution < 1.29 is 32.2 Å². The smallest absolute Gasteiger partial charge is 0.244 e. The molecule has 1 unspecified atom stereocenters. The van der Waals surface area contributed by atoms with E-state index in [-0.39, 0.29) is 23.9 Å². The van der Waals surface area contributed by atoms with E-state index in [9.17, 15) is 18.0 Å². The zero-order chi connectivity index (χ0) is 26.9. The summed E-state index contributed by atoms with van der Waals surface area (Å²) < 4.78 is 42.4. The van der Waals surface area contributed by atoms with Crippen molar-refractivity contribution in [3.05, 3.63) is 48.0 Å². The van der Waals surface area contributed by atoms with Crippen LogP contribution in [0, 0.1) is 0 Å². The Hall–Kier alpha value is -3.47. The standard InChI is InChI=1S/C25H35N3O7S/c1-7-13-26-25(30)18(2)27(16-19-9-8-10-20(14-19)33-3)24(29)17-28(36(6,31)32)22-15-21(34-4)11-12-23(22)35-5/h8-12,14-15,18H,7,13,16-17H2,1-6H3,(H,26,30). The normalized spacial score (nSPS) is 11.8. The van der Waals surface area contributed by atoms with Crippen LogP contribution < -0.4 is 23.8 Å². The highest BCUT2D eigenvalue weighted by molar-refractivity contribution is 7.92. The second-order valence-corrected chi connectivity index (χ2v) is 10.1.